The predicted molar refractivity (Wildman–Crippen MR) is 160 cm³/mol. The summed E-state index contributed by atoms with van der Waals surface area (Å²) in [6.45, 7) is 2.88. The number of rotatable bonds is 13. The van der Waals surface area contributed by atoms with Gasteiger partial charge in [0.15, 0.2) is 11.5 Å². The van der Waals surface area contributed by atoms with E-state index in [2.05, 4.69) is 5.32 Å². The van der Waals surface area contributed by atoms with E-state index in [0.29, 0.717) is 43.5 Å². The second-order valence-corrected chi connectivity index (χ2v) is 13.4. The molecule has 232 valence electrons. The van der Waals surface area contributed by atoms with E-state index in [1.165, 1.54) is 48.9 Å². The van der Waals surface area contributed by atoms with Crippen LogP contribution in [0.25, 0.3) is 0 Å². The number of hydrogen-bond donors (Lipinski definition) is 1. The molecule has 1 N–H and O–H groups in total. The molecule has 0 aromatic heterocycles. The maximum atomic E-state index is 13.7. The molecule has 3 aromatic rings. The van der Waals surface area contributed by atoms with Crippen LogP contribution in [0.3, 0.4) is 0 Å². The fourth-order valence-corrected chi connectivity index (χ4v) is 7.16. The monoisotopic (exact) mass is 633 g/mol. The molecule has 14 heteroatoms. The number of benzene rings is 3. The van der Waals surface area contributed by atoms with Crippen molar-refractivity contribution in [3.63, 3.8) is 0 Å². The second-order valence-electron chi connectivity index (χ2n) is 9.55. The van der Waals surface area contributed by atoms with E-state index >= 15 is 0 Å². The number of amides is 1. The molecule has 1 aliphatic heterocycles. The first kappa shape index (κ1) is 32.1. The third-order valence-corrected chi connectivity index (χ3v) is 10.4. The number of methoxy groups -OCH3 is 2. The van der Waals surface area contributed by atoms with Crippen LogP contribution in [-0.2, 0) is 29.6 Å². The molecule has 1 heterocycles. The molecule has 0 bridgehead atoms. The summed E-state index contributed by atoms with van der Waals surface area (Å²) >= 11 is 0. The van der Waals surface area contributed by atoms with E-state index in [1.807, 2.05) is 6.92 Å². The van der Waals surface area contributed by atoms with Crippen LogP contribution >= 0.6 is 0 Å². The third-order valence-electron chi connectivity index (χ3n) is 6.68. The van der Waals surface area contributed by atoms with Crippen molar-refractivity contribution in [2.24, 2.45) is 0 Å². The Balaban J connectivity index is 1.39. The molecule has 0 saturated carbocycles. The number of nitrogens with zero attached hydrogens (tertiary/aromatic N) is 2. The molecule has 0 radical (unpaired) electrons. The van der Waals surface area contributed by atoms with E-state index in [0.717, 1.165) is 9.87 Å². The number of carbonyl (C=O) groups excluding carboxylic acids is 1. The fourth-order valence-electron chi connectivity index (χ4n) is 4.32. The fraction of sp³-hybridized carbons (Fsp3) is 0.345. The maximum Gasteiger partial charge on any atom is 0.264 e. The molecular weight excluding hydrogens is 598 g/mol. The Bertz CT molecular complexity index is 1610. The Hall–Kier alpha value is -3.85. The normalized spacial score (nSPS) is 14.1. The number of hydrogen-bond acceptors (Lipinski definition) is 9. The topological polar surface area (TPSA) is 141 Å². The molecular formula is C29H35N3O9S2. The molecule has 4 rings (SSSR count). The molecule has 1 aliphatic rings. The van der Waals surface area contributed by atoms with Gasteiger partial charge in [0.25, 0.3) is 10.0 Å². The summed E-state index contributed by atoms with van der Waals surface area (Å²) in [6, 6.07) is 17.0. The molecule has 0 aliphatic carbocycles. The zero-order valence-corrected chi connectivity index (χ0v) is 25.8. The summed E-state index contributed by atoms with van der Waals surface area (Å²) in [5, 5.41) is 2.68. The number of aryl methyl sites for hydroxylation is 1. The summed E-state index contributed by atoms with van der Waals surface area (Å²) in [7, 11) is -4.93. The van der Waals surface area contributed by atoms with Crippen molar-refractivity contribution in [2.45, 2.75) is 16.7 Å². The molecule has 1 amide bonds. The number of ether oxygens (including phenoxy) is 4. The van der Waals surface area contributed by atoms with Crippen molar-refractivity contribution in [1.29, 1.82) is 0 Å². The van der Waals surface area contributed by atoms with Crippen molar-refractivity contribution >= 4 is 31.6 Å². The number of nitrogens with one attached hydrogen (secondary N) is 1. The molecule has 43 heavy (non-hydrogen) atoms. The van der Waals surface area contributed by atoms with Crippen molar-refractivity contribution < 1.29 is 40.6 Å². The minimum atomic E-state index is -4.17. The lowest BCUT2D eigenvalue weighted by atomic mass is 10.2. The van der Waals surface area contributed by atoms with Gasteiger partial charge in [-0.05, 0) is 55.5 Å². The minimum absolute atomic E-state index is 0.0686. The Morgan fingerprint density at radius 3 is 2.14 bits per heavy atom. The Kier molecular flexibility index (Phi) is 10.5. The highest BCUT2D eigenvalue weighted by Gasteiger charge is 2.29. The van der Waals surface area contributed by atoms with Gasteiger partial charge in [-0.15, -0.1) is 0 Å². The molecule has 0 spiro atoms. The summed E-state index contributed by atoms with van der Waals surface area (Å²) in [4.78, 5) is 13.0. The number of morpholine rings is 1. The first-order chi connectivity index (χ1) is 20.6. The van der Waals surface area contributed by atoms with E-state index in [1.54, 1.807) is 36.4 Å². The van der Waals surface area contributed by atoms with Crippen LogP contribution in [-0.4, -0.2) is 87.3 Å². The number of sulfonamides is 2. The second kappa shape index (κ2) is 14.1. The average Bonchev–Trinajstić information content (AvgIpc) is 3.02. The largest absolute Gasteiger partial charge is 0.493 e. The summed E-state index contributed by atoms with van der Waals surface area (Å²) in [6.07, 6.45) is 0. The first-order valence-corrected chi connectivity index (χ1v) is 16.3. The van der Waals surface area contributed by atoms with Gasteiger partial charge >= 0.3 is 0 Å². The zero-order chi connectivity index (χ0) is 31.0. The molecule has 0 unspecified atom stereocenters. The Morgan fingerprint density at radius 1 is 0.884 bits per heavy atom. The van der Waals surface area contributed by atoms with Crippen molar-refractivity contribution in [3.05, 3.63) is 72.3 Å². The van der Waals surface area contributed by atoms with Crippen LogP contribution in [0.1, 0.15) is 5.56 Å². The smallest absolute Gasteiger partial charge is 0.264 e. The van der Waals surface area contributed by atoms with Gasteiger partial charge in [0.1, 0.15) is 18.9 Å². The van der Waals surface area contributed by atoms with Gasteiger partial charge in [-0.25, -0.2) is 16.8 Å². The quantitative estimate of drug-likeness (QED) is 0.281. The van der Waals surface area contributed by atoms with Gasteiger partial charge in [0.2, 0.25) is 15.9 Å². The molecule has 1 saturated heterocycles. The highest BCUT2D eigenvalue weighted by Crippen LogP contribution is 2.32. The van der Waals surface area contributed by atoms with Gasteiger partial charge in [-0.3, -0.25) is 9.10 Å². The summed E-state index contributed by atoms with van der Waals surface area (Å²) < 4.78 is 76.8. The van der Waals surface area contributed by atoms with Crippen LogP contribution in [0.5, 0.6) is 17.2 Å². The van der Waals surface area contributed by atoms with E-state index < -0.39 is 32.5 Å². The Labute approximate surface area is 252 Å². The highest BCUT2D eigenvalue weighted by atomic mass is 32.2. The lowest BCUT2D eigenvalue weighted by molar-refractivity contribution is -0.119. The zero-order valence-electron chi connectivity index (χ0n) is 24.2. The van der Waals surface area contributed by atoms with Crippen molar-refractivity contribution in [2.75, 3.05) is 64.5 Å². The average molecular weight is 634 g/mol. The van der Waals surface area contributed by atoms with Crippen LogP contribution in [0.15, 0.2) is 76.5 Å². The van der Waals surface area contributed by atoms with Gasteiger partial charge in [-0.1, -0.05) is 17.7 Å². The van der Waals surface area contributed by atoms with Crippen LogP contribution in [0.2, 0.25) is 0 Å². The molecule has 0 atom stereocenters. The minimum Gasteiger partial charge on any atom is -0.493 e. The van der Waals surface area contributed by atoms with E-state index in [4.69, 9.17) is 18.9 Å². The van der Waals surface area contributed by atoms with Gasteiger partial charge in [0, 0.05) is 19.2 Å². The van der Waals surface area contributed by atoms with Crippen LogP contribution in [0.4, 0.5) is 5.69 Å². The van der Waals surface area contributed by atoms with Gasteiger partial charge in [0.05, 0.1) is 49.5 Å². The van der Waals surface area contributed by atoms with Crippen LogP contribution < -0.4 is 23.8 Å². The van der Waals surface area contributed by atoms with Gasteiger partial charge in [-0.2, -0.15) is 4.31 Å². The summed E-state index contributed by atoms with van der Waals surface area (Å²) in [5.74, 6) is 0.489. The SMILES string of the molecule is COc1ccc(S(=O)(=O)N(CC(=O)NCCOc2ccc(S(=O)(=O)N3CCOCC3)cc2)c2ccc(C)cc2)cc1OC. The van der Waals surface area contributed by atoms with E-state index in [9.17, 15) is 21.6 Å². The molecule has 1 fully saturated rings. The number of anilines is 1. The van der Waals surface area contributed by atoms with Crippen molar-refractivity contribution in [1.82, 2.24) is 9.62 Å². The first-order valence-electron chi connectivity index (χ1n) is 13.4. The van der Waals surface area contributed by atoms with Crippen molar-refractivity contribution in [3.8, 4) is 17.2 Å². The molecule has 3 aromatic carbocycles. The maximum absolute atomic E-state index is 13.7. The Morgan fingerprint density at radius 2 is 1.51 bits per heavy atom. The highest BCUT2D eigenvalue weighted by molar-refractivity contribution is 7.92. The van der Waals surface area contributed by atoms with Crippen LogP contribution in [0, 0.1) is 6.92 Å². The standard InChI is InChI=1S/C29H35N3O9S2/c1-22-4-6-23(7-5-22)32(43(36,37)26-12-13-27(38-2)28(20-26)39-3)21-29(33)30-14-17-41-24-8-10-25(11-9-24)42(34,35)31-15-18-40-19-16-31/h4-13,20H,14-19,21H2,1-3H3,(H,30,33). The third kappa shape index (κ3) is 7.76. The number of carbonyl (C=O) groups is 1. The van der Waals surface area contributed by atoms with Gasteiger partial charge < -0.3 is 24.3 Å². The van der Waals surface area contributed by atoms with E-state index in [-0.39, 0.29) is 28.7 Å². The summed E-state index contributed by atoms with van der Waals surface area (Å²) in [5.41, 5.74) is 1.25. The molecule has 12 nitrogen and oxygen atoms in total. The predicted octanol–water partition coefficient (Wildman–Crippen LogP) is 2.42. The lowest BCUT2D eigenvalue weighted by Gasteiger charge is -2.26. The lowest BCUT2D eigenvalue weighted by Crippen LogP contribution is -2.42.